The number of hydrogen-bond donors (Lipinski definition) is 3. The first-order valence-electron chi connectivity index (χ1n) is 5.60. The first-order valence-corrected chi connectivity index (χ1v) is 6.42. The Morgan fingerprint density at radius 3 is 2.89 bits per heavy atom. The number of primary amides is 1. The van der Waals surface area contributed by atoms with Gasteiger partial charge in [-0.25, -0.2) is 4.98 Å². The number of aliphatic hydroxyl groups excluding tert-OH is 2. The molecule has 6 nitrogen and oxygen atoms in total. The summed E-state index contributed by atoms with van der Waals surface area (Å²) in [5.74, 6) is 0.0178. The molecule has 0 saturated carbocycles. The van der Waals surface area contributed by atoms with Crippen molar-refractivity contribution in [2.75, 3.05) is 7.11 Å². The molecule has 1 aromatic carbocycles. The van der Waals surface area contributed by atoms with Gasteiger partial charge >= 0.3 is 0 Å². The third kappa shape index (κ3) is 3.01. The second-order valence-corrected chi connectivity index (χ2v) is 5.13. The minimum atomic E-state index is -1.25. The van der Waals surface area contributed by atoms with Crippen LogP contribution >= 0.6 is 11.3 Å². The van der Waals surface area contributed by atoms with Gasteiger partial charge in [-0.2, -0.15) is 0 Å². The van der Waals surface area contributed by atoms with E-state index in [1.165, 1.54) is 11.3 Å². The molecule has 0 aliphatic carbocycles. The molecule has 2 atom stereocenters. The molecule has 1 amide bonds. The standard InChI is InChI=1S/C12H14N2O4S/c1-18-6-2-3-7-9(4-6)19-12(14-7)11(17)8(15)5-10(13)16/h2-4,8,11,15,17H,5H2,1H3,(H2,13,16). The number of aromatic nitrogens is 1. The Morgan fingerprint density at radius 1 is 1.53 bits per heavy atom. The monoisotopic (exact) mass is 282 g/mol. The fourth-order valence-corrected chi connectivity index (χ4v) is 2.70. The number of nitrogens with zero attached hydrogens (tertiary/aromatic N) is 1. The molecular weight excluding hydrogens is 268 g/mol. The first-order chi connectivity index (χ1) is 9.01. The van der Waals surface area contributed by atoms with Gasteiger partial charge < -0.3 is 20.7 Å². The highest BCUT2D eigenvalue weighted by Crippen LogP contribution is 2.31. The van der Waals surface area contributed by atoms with E-state index in [2.05, 4.69) is 4.98 Å². The molecular formula is C12H14N2O4S. The van der Waals surface area contributed by atoms with Crippen LogP contribution in [0.25, 0.3) is 10.2 Å². The summed E-state index contributed by atoms with van der Waals surface area (Å²) in [6.45, 7) is 0. The molecule has 0 aliphatic rings. The van der Waals surface area contributed by atoms with Crippen molar-refractivity contribution in [1.29, 1.82) is 0 Å². The second-order valence-electron chi connectivity index (χ2n) is 4.07. The fraction of sp³-hybridized carbons (Fsp3) is 0.333. The number of amides is 1. The highest BCUT2D eigenvalue weighted by molar-refractivity contribution is 7.18. The minimum absolute atomic E-state index is 0.305. The van der Waals surface area contributed by atoms with Crippen molar-refractivity contribution in [3.63, 3.8) is 0 Å². The largest absolute Gasteiger partial charge is 0.497 e. The van der Waals surface area contributed by atoms with Gasteiger partial charge in [-0.3, -0.25) is 4.79 Å². The Hall–Kier alpha value is -1.70. The van der Waals surface area contributed by atoms with Gasteiger partial charge in [0.25, 0.3) is 0 Å². The molecule has 0 saturated heterocycles. The van der Waals surface area contributed by atoms with E-state index in [0.717, 1.165) is 4.70 Å². The number of carbonyl (C=O) groups excluding carboxylic acids is 1. The van der Waals surface area contributed by atoms with Crippen molar-refractivity contribution in [3.8, 4) is 5.75 Å². The number of thiazole rings is 1. The van der Waals surface area contributed by atoms with Crippen molar-refractivity contribution in [2.45, 2.75) is 18.6 Å². The highest BCUT2D eigenvalue weighted by Gasteiger charge is 2.23. The van der Waals surface area contributed by atoms with Gasteiger partial charge in [-0.1, -0.05) is 0 Å². The third-order valence-corrected chi connectivity index (χ3v) is 3.73. The van der Waals surface area contributed by atoms with Crippen LogP contribution in [0.1, 0.15) is 17.5 Å². The van der Waals surface area contributed by atoms with Crippen LogP contribution in [0.5, 0.6) is 5.75 Å². The zero-order chi connectivity index (χ0) is 14.0. The summed E-state index contributed by atoms with van der Waals surface area (Å²) >= 11 is 1.24. The summed E-state index contributed by atoms with van der Waals surface area (Å²) < 4.78 is 5.93. The Labute approximate surface area is 113 Å². The normalized spacial score (nSPS) is 14.3. The first kappa shape index (κ1) is 13.7. The summed E-state index contributed by atoms with van der Waals surface area (Å²) in [4.78, 5) is 14.9. The molecule has 0 radical (unpaired) electrons. The summed E-state index contributed by atoms with van der Waals surface area (Å²) in [6.07, 6.45) is -2.78. The van der Waals surface area contributed by atoms with E-state index in [4.69, 9.17) is 10.5 Å². The number of benzene rings is 1. The van der Waals surface area contributed by atoms with E-state index < -0.39 is 18.1 Å². The second kappa shape index (κ2) is 5.52. The summed E-state index contributed by atoms with van der Waals surface area (Å²) in [5.41, 5.74) is 5.68. The maximum atomic E-state index is 10.7. The Morgan fingerprint density at radius 2 is 2.26 bits per heavy atom. The van der Waals surface area contributed by atoms with Gasteiger partial charge in [0, 0.05) is 0 Å². The molecule has 0 aliphatic heterocycles. The van der Waals surface area contributed by atoms with Crippen molar-refractivity contribution >= 4 is 27.5 Å². The maximum Gasteiger partial charge on any atom is 0.220 e. The van der Waals surface area contributed by atoms with Crippen LogP contribution in [0.2, 0.25) is 0 Å². The number of methoxy groups -OCH3 is 1. The number of aliphatic hydroxyl groups is 2. The van der Waals surface area contributed by atoms with Crippen LogP contribution in [0.3, 0.4) is 0 Å². The molecule has 2 unspecified atom stereocenters. The van der Waals surface area contributed by atoms with Crippen molar-refractivity contribution in [1.82, 2.24) is 4.98 Å². The Bertz CT molecular complexity index is 598. The molecule has 2 rings (SSSR count). The molecule has 0 bridgehead atoms. The van der Waals surface area contributed by atoms with Gasteiger partial charge in [0.2, 0.25) is 5.91 Å². The van der Waals surface area contributed by atoms with E-state index in [-0.39, 0.29) is 6.42 Å². The molecule has 2 aromatic rings. The van der Waals surface area contributed by atoms with Gasteiger partial charge in [0.1, 0.15) is 16.9 Å². The molecule has 0 fully saturated rings. The zero-order valence-electron chi connectivity index (χ0n) is 10.2. The zero-order valence-corrected chi connectivity index (χ0v) is 11.1. The number of carbonyl (C=O) groups is 1. The molecule has 19 heavy (non-hydrogen) atoms. The number of ether oxygens (including phenoxy) is 1. The van der Waals surface area contributed by atoms with E-state index in [0.29, 0.717) is 16.3 Å². The lowest BCUT2D eigenvalue weighted by atomic mass is 10.1. The SMILES string of the molecule is COc1ccc2nc(C(O)C(O)CC(N)=O)sc2c1. The fourth-order valence-electron chi connectivity index (χ4n) is 1.66. The molecule has 102 valence electrons. The highest BCUT2D eigenvalue weighted by atomic mass is 32.1. The average Bonchev–Trinajstić information content (AvgIpc) is 2.79. The van der Waals surface area contributed by atoms with Crippen molar-refractivity contribution in [2.24, 2.45) is 5.73 Å². The quantitative estimate of drug-likeness (QED) is 0.743. The van der Waals surface area contributed by atoms with Gasteiger partial charge in [0.15, 0.2) is 0 Å². The number of hydrogen-bond acceptors (Lipinski definition) is 6. The van der Waals surface area contributed by atoms with Crippen LogP contribution < -0.4 is 10.5 Å². The van der Waals surface area contributed by atoms with E-state index in [9.17, 15) is 15.0 Å². The predicted octanol–water partition coefficient (Wildman–Crippen LogP) is 0.575. The number of fused-ring (bicyclic) bond motifs is 1. The summed E-state index contributed by atoms with van der Waals surface area (Å²) in [7, 11) is 1.56. The summed E-state index contributed by atoms with van der Waals surface area (Å²) in [5, 5.41) is 19.9. The molecule has 7 heteroatoms. The Kier molecular flexibility index (Phi) is 3.98. The third-order valence-electron chi connectivity index (χ3n) is 2.64. The molecule has 1 heterocycles. The van der Waals surface area contributed by atoms with Gasteiger partial charge in [-0.05, 0) is 18.2 Å². The smallest absolute Gasteiger partial charge is 0.220 e. The molecule has 1 aromatic heterocycles. The van der Waals surface area contributed by atoms with E-state index in [1.54, 1.807) is 25.3 Å². The van der Waals surface area contributed by atoms with Crippen molar-refractivity contribution in [3.05, 3.63) is 23.2 Å². The van der Waals surface area contributed by atoms with Crippen molar-refractivity contribution < 1.29 is 19.7 Å². The lowest BCUT2D eigenvalue weighted by Gasteiger charge is -2.13. The van der Waals surface area contributed by atoms with Gasteiger partial charge in [-0.15, -0.1) is 11.3 Å². The van der Waals surface area contributed by atoms with Gasteiger partial charge in [0.05, 0.1) is 29.9 Å². The summed E-state index contributed by atoms with van der Waals surface area (Å²) in [6, 6.07) is 5.32. The Balaban J connectivity index is 2.27. The average molecular weight is 282 g/mol. The molecule has 0 spiro atoms. The van der Waals surface area contributed by atoms with Crippen LogP contribution in [0.4, 0.5) is 0 Å². The molecule has 4 N–H and O–H groups in total. The van der Waals surface area contributed by atoms with Crippen LogP contribution in [0, 0.1) is 0 Å². The topological polar surface area (TPSA) is 106 Å². The predicted molar refractivity (Wildman–Crippen MR) is 71.0 cm³/mol. The minimum Gasteiger partial charge on any atom is -0.497 e. The number of nitrogens with two attached hydrogens (primary N) is 1. The number of rotatable bonds is 5. The lowest BCUT2D eigenvalue weighted by Crippen LogP contribution is -2.25. The van der Waals surface area contributed by atoms with Crippen LogP contribution in [-0.4, -0.2) is 34.3 Å². The lowest BCUT2D eigenvalue weighted by molar-refractivity contribution is -0.121. The van der Waals surface area contributed by atoms with Crippen LogP contribution in [0.15, 0.2) is 18.2 Å². The van der Waals surface area contributed by atoms with E-state index in [1.807, 2.05) is 0 Å². The van der Waals surface area contributed by atoms with E-state index >= 15 is 0 Å². The maximum absolute atomic E-state index is 10.7. The van der Waals surface area contributed by atoms with Crippen LogP contribution in [-0.2, 0) is 4.79 Å².